The van der Waals surface area contributed by atoms with Crippen molar-refractivity contribution in [3.63, 3.8) is 0 Å². The first-order chi connectivity index (χ1) is 14.0. The minimum absolute atomic E-state index is 0.0304. The van der Waals surface area contributed by atoms with Crippen LogP contribution >= 0.6 is 15.9 Å². The number of halogens is 1. The average molecular weight is 457 g/mol. The summed E-state index contributed by atoms with van der Waals surface area (Å²) >= 11 is 3.71. The van der Waals surface area contributed by atoms with Gasteiger partial charge in [-0.3, -0.25) is 0 Å². The predicted molar refractivity (Wildman–Crippen MR) is 117 cm³/mol. The van der Waals surface area contributed by atoms with E-state index in [0.29, 0.717) is 23.9 Å². The molecule has 0 unspecified atom stereocenters. The molecule has 2 saturated carbocycles. The topological polar surface area (TPSA) is 72.2 Å². The number of fused-ring (bicyclic) bond motifs is 1. The minimum atomic E-state index is -0.0304. The minimum Gasteiger partial charge on any atom is -0.393 e. The largest absolute Gasteiger partial charge is 0.393 e. The van der Waals surface area contributed by atoms with Crippen LogP contribution in [0.25, 0.3) is 6.08 Å². The predicted octanol–water partition coefficient (Wildman–Crippen LogP) is 4.27. The highest BCUT2D eigenvalue weighted by molar-refractivity contribution is 9.10. The maximum atomic E-state index is 9.68. The number of pyridine rings is 1. The smallest absolute Gasteiger partial charge is 0.141 e. The molecule has 29 heavy (non-hydrogen) atoms. The van der Waals surface area contributed by atoms with Crippen molar-refractivity contribution < 1.29 is 5.11 Å². The summed E-state index contributed by atoms with van der Waals surface area (Å²) in [7, 11) is 0. The number of nitrogens with one attached hydrogen (secondary N) is 1. The van der Waals surface area contributed by atoms with Crippen molar-refractivity contribution in [2.75, 3.05) is 18.4 Å². The van der Waals surface area contributed by atoms with Crippen LogP contribution in [0.5, 0.6) is 0 Å². The van der Waals surface area contributed by atoms with E-state index in [4.69, 9.17) is 5.26 Å². The quantitative estimate of drug-likeness (QED) is 0.710. The van der Waals surface area contributed by atoms with Gasteiger partial charge < -0.3 is 15.3 Å². The van der Waals surface area contributed by atoms with E-state index in [0.717, 1.165) is 39.8 Å². The molecule has 0 bridgehead atoms. The van der Waals surface area contributed by atoms with Crippen LogP contribution in [0.4, 0.5) is 5.82 Å². The van der Waals surface area contributed by atoms with Gasteiger partial charge in [-0.25, -0.2) is 4.98 Å². The van der Waals surface area contributed by atoms with Crippen molar-refractivity contribution in [3.8, 4) is 6.07 Å². The lowest BCUT2D eigenvalue weighted by Gasteiger charge is -2.52. The Morgan fingerprint density at radius 1 is 1.21 bits per heavy atom. The molecule has 0 atom stereocenters. The van der Waals surface area contributed by atoms with Crippen molar-refractivity contribution >= 4 is 27.8 Å². The van der Waals surface area contributed by atoms with Crippen LogP contribution in [0.1, 0.15) is 62.5 Å². The Kier molecular flexibility index (Phi) is 5.18. The van der Waals surface area contributed by atoms with E-state index in [-0.39, 0.29) is 6.10 Å². The Morgan fingerprint density at radius 2 is 1.93 bits per heavy atom. The number of hydrogen-bond acceptors (Lipinski definition) is 5. The van der Waals surface area contributed by atoms with Gasteiger partial charge in [0.1, 0.15) is 5.82 Å². The van der Waals surface area contributed by atoms with Gasteiger partial charge in [-0.15, -0.1) is 0 Å². The highest BCUT2D eigenvalue weighted by atomic mass is 79.9. The Morgan fingerprint density at radius 3 is 2.59 bits per heavy atom. The second kappa shape index (κ2) is 7.68. The first-order valence-electron chi connectivity index (χ1n) is 11.0. The first-order valence-corrected chi connectivity index (χ1v) is 11.8. The molecule has 1 aromatic heterocycles. The van der Waals surface area contributed by atoms with E-state index in [2.05, 4.69) is 37.2 Å². The highest BCUT2D eigenvalue weighted by Gasteiger charge is 2.45. The fraction of sp³-hybridized carbons (Fsp3) is 0.652. The molecule has 0 aromatic carbocycles. The van der Waals surface area contributed by atoms with Crippen LogP contribution in [0.15, 0.2) is 16.2 Å². The summed E-state index contributed by atoms with van der Waals surface area (Å²) in [5.74, 6) is 0.908. The lowest BCUT2D eigenvalue weighted by atomic mass is 9.61. The molecule has 0 radical (unpaired) electrons. The van der Waals surface area contributed by atoms with Gasteiger partial charge in [-0.05, 0) is 103 Å². The summed E-state index contributed by atoms with van der Waals surface area (Å²) in [6, 6.07) is 3.44. The molecule has 5 rings (SSSR count). The van der Waals surface area contributed by atoms with Crippen LogP contribution in [0, 0.1) is 16.7 Å². The van der Waals surface area contributed by atoms with Gasteiger partial charge in [0.2, 0.25) is 0 Å². The summed E-state index contributed by atoms with van der Waals surface area (Å²) in [6.45, 7) is 2.42. The van der Waals surface area contributed by atoms with Crippen molar-refractivity contribution in [2.45, 2.75) is 76.0 Å². The molecule has 6 heteroatoms. The van der Waals surface area contributed by atoms with Crippen LogP contribution < -0.4 is 5.32 Å². The lowest BCUT2D eigenvalue weighted by Crippen LogP contribution is -2.52. The molecule has 1 aliphatic heterocycles. The number of aliphatic hydroxyl groups excluding tert-OH is 1. The molecule has 2 N–H and O–H groups in total. The number of nitrogens with zero attached hydrogens (tertiary/aromatic N) is 3. The molecule has 3 aliphatic carbocycles. The summed E-state index contributed by atoms with van der Waals surface area (Å²) in [5, 5.41) is 22.5. The van der Waals surface area contributed by atoms with Gasteiger partial charge in [-0.1, -0.05) is 0 Å². The molecule has 2 heterocycles. The monoisotopic (exact) mass is 456 g/mol. The number of nitriles is 1. The number of rotatable bonds is 3. The maximum Gasteiger partial charge on any atom is 0.141 e. The zero-order chi connectivity index (χ0) is 20.0. The second-order valence-corrected chi connectivity index (χ2v) is 10.4. The molecular weight excluding hydrogens is 428 g/mol. The van der Waals surface area contributed by atoms with Crippen LogP contribution in [-0.4, -0.2) is 46.3 Å². The Hall–Kier alpha value is -1.42. The summed E-state index contributed by atoms with van der Waals surface area (Å²) in [4.78, 5) is 7.34. The van der Waals surface area contributed by atoms with Crippen LogP contribution in [0.2, 0.25) is 0 Å². The highest BCUT2D eigenvalue weighted by Crippen LogP contribution is 2.49. The number of anilines is 1. The molecule has 5 nitrogen and oxygen atoms in total. The molecule has 0 amide bonds. The Labute approximate surface area is 181 Å². The van der Waals surface area contributed by atoms with Gasteiger partial charge in [0, 0.05) is 30.3 Å². The number of hydrogen-bond donors (Lipinski definition) is 2. The van der Waals surface area contributed by atoms with Gasteiger partial charge in [-0.2, -0.15) is 5.26 Å². The van der Waals surface area contributed by atoms with Gasteiger partial charge in [0.15, 0.2) is 0 Å². The zero-order valence-corrected chi connectivity index (χ0v) is 18.4. The van der Waals surface area contributed by atoms with Crippen molar-refractivity contribution in [1.82, 2.24) is 9.88 Å². The molecule has 1 saturated heterocycles. The summed E-state index contributed by atoms with van der Waals surface area (Å²) < 4.78 is 0.992. The second-order valence-electron chi connectivity index (χ2n) is 9.57. The summed E-state index contributed by atoms with van der Waals surface area (Å²) in [5.41, 5.74) is 3.51. The number of likely N-dealkylation sites (tertiary alicyclic amines) is 1. The van der Waals surface area contributed by atoms with Crippen LogP contribution in [-0.2, 0) is 6.42 Å². The van der Waals surface area contributed by atoms with Crippen molar-refractivity contribution in [2.24, 2.45) is 5.41 Å². The Balaban J connectivity index is 1.15. The number of allylic oxidation sites excluding steroid dienone is 1. The number of aromatic nitrogens is 1. The van der Waals surface area contributed by atoms with E-state index in [1.54, 1.807) is 0 Å². The molecule has 1 spiro atoms. The van der Waals surface area contributed by atoms with E-state index in [1.807, 2.05) is 12.3 Å². The lowest BCUT2D eigenvalue weighted by molar-refractivity contribution is -0.0752. The average Bonchev–Trinajstić information content (AvgIpc) is 3.15. The molecular formula is C23H29BrN4O. The number of aliphatic hydroxyl groups is 1. The third-order valence-corrected chi connectivity index (χ3v) is 8.54. The number of piperidine rings is 1. The third kappa shape index (κ3) is 3.73. The molecule has 4 aliphatic rings. The van der Waals surface area contributed by atoms with E-state index >= 15 is 0 Å². The zero-order valence-electron chi connectivity index (χ0n) is 16.8. The molecule has 1 aromatic rings. The first kappa shape index (κ1) is 19.5. The SMILES string of the molecule is N#CC1=Cc2c(cnc(NC3CCC(N4CCC5(CC4)CC(O)C5)CC3)c2Br)C1. The normalized spacial score (nSPS) is 29.1. The maximum absolute atomic E-state index is 9.68. The standard InChI is InChI=1S/C23H29BrN4O/c24-21-20-10-15(13-25)9-16(20)14-26-22(21)27-17-1-3-18(4-2-17)28-7-5-23(6-8-28)11-19(29)12-23/h10,14,17-19,29H,1-9,11-12H2,(H,26,27). The van der Waals surface area contributed by atoms with E-state index in [1.165, 1.54) is 51.6 Å². The van der Waals surface area contributed by atoms with Crippen LogP contribution in [0.3, 0.4) is 0 Å². The van der Waals surface area contributed by atoms with E-state index in [9.17, 15) is 5.11 Å². The molecule has 154 valence electrons. The fourth-order valence-electron chi connectivity index (χ4n) is 5.93. The van der Waals surface area contributed by atoms with E-state index < -0.39 is 0 Å². The Bertz CT molecular complexity index is 852. The van der Waals surface area contributed by atoms with Crippen molar-refractivity contribution in [3.05, 3.63) is 27.4 Å². The van der Waals surface area contributed by atoms with Gasteiger partial charge in [0.25, 0.3) is 0 Å². The summed E-state index contributed by atoms with van der Waals surface area (Å²) in [6.07, 6.45) is 14.0. The van der Waals surface area contributed by atoms with Gasteiger partial charge >= 0.3 is 0 Å². The van der Waals surface area contributed by atoms with Gasteiger partial charge in [0.05, 0.1) is 16.6 Å². The third-order valence-electron chi connectivity index (χ3n) is 7.73. The molecule has 3 fully saturated rings. The van der Waals surface area contributed by atoms with Crippen molar-refractivity contribution in [1.29, 1.82) is 5.26 Å². The fourth-order valence-corrected chi connectivity index (χ4v) is 6.51.